The smallest absolute Gasteiger partial charge is 0.355 e. The van der Waals surface area contributed by atoms with E-state index in [1.807, 2.05) is 152 Å². The van der Waals surface area contributed by atoms with E-state index in [4.69, 9.17) is 35.6 Å². The fraction of sp³-hybridized carbons (Fsp3) is 0.164. The number of aromatic nitrogens is 1. The van der Waals surface area contributed by atoms with Crippen LogP contribution in [0.5, 0.6) is 5.75 Å². The number of rotatable bonds is 19. The van der Waals surface area contributed by atoms with Crippen molar-refractivity contribution in [2.75, 3.05) is 30.7 Å². The van der Waals surface area contributed by atoms with Gasteiger partial charge >= 0.3 is 11.9 Å². The fourth-order valence-corrected chi connectivity index (χ4v) is 10.8. The molecule has 0 aliphatic carbocycles. The number of amides is 2. The third kappa shape index (κ3) is 10.6. The summed E-state index contributed by atoms with van der Waals surface area (Å²) < 4.78 is 16.9. The molecule has 2 atom stereocenters. The second-order valence-corrected chi connectivity index (χ2v) is 18.5. The molecule has 71 heavy (non-hydrogen) atoms. The van der Waals surface area contributed by atoms with Gasteiger partial charge in [-0.05, 0) is 51.1 Å². The van der Waals surface area contributed by atoms with Gasteiger partial charge in [0.1, 0.15) is 40.7 Å². The Labute approximate surface area is 423 Å². The van der Waals surface area contributed by atoms with E-state index in [9.17, 15) is 19.2 Å². The van der Waals surface area contributed by atoms with Crippen LogP contribution in [0.1, 0.15) is 45.2 Å². The zero-order chi connectivity index (χ0) is 49.2. The van der Waals surface area contributed by atoms with Crippen molar-refractivity contribution in [1.29, 1.82) is 0 Å². The van der Waals surface area contributed by atoms with E-state index in [-0.39, 0.29) is 29.6 Å². The Bertz CT molecular complexity index is 2900. The fourth-order valence-electron chi connectivity index (χ4n) is 8.41. The highest BCUT2D eigenvalue weighted by Gasteiger charge is 2.54. The van der Waals surface area contributed by atoms with Crippen molar-refractivity contribution < 1.29 is 38.2 Å². The van der Waals surface area contributed by atoms with Crippen molar-refractivity contribution in [3.63, 3.8) is 0 Å². The summed E-state index contributed by atoms with van der Waals surface area (Å²) in [6, 6.07) is 54.5. The largest absolute Gasteiger partial charge is 0.497 e. The lowest BCUT2D eigenvalue weighted by Crippen LogP contribution is -2.71. The van der Waals surface area contributed by atoms with Gasteiger partial charge in [0.2, 0.25) is 6.61 Å². The van der Waals surface area contributed by atoms with Gasteiger partial charge in [-0.1, -0.05) is 169 Å². The Balaban J connectivity index is 0.995. The predicted octanol–water partition coefficient (Wildman–Crippen LogP) is 9.25. The van der Waals surface area contributed by atoms with E-state index in [0.717, 1.165) is 33.4 Å². The van der Waals surface area contributed by atoms with Crippen LogP contribution in [-0.4, -0.2) is 76.1 Å². The van der Waals surface area contributed by atoms with Crippen LogP contribution in [0, 0.1) is 0 Å². The molecular formula is C55H46ClN5O8S2. The van der Waals surface area contributed by atoms with Crippen molar-refractivity contribution >= 4 is 69.3 Å². The zero-order valence-electron chi connectivity index (χ0n) is 38.2. The molecule has 2 aliphatic heterocycles. The van der Waals surface area contributed by atoms with Crippen LogP contribution < -0.4 is 15.4 Å². The van der Waals surface area contributed by atoms with Crippen LogP contribution >= 0.6 is 34.7 Å². The first-order chi connectivity index (χ1) is 34.8. The molecule has 3 heterocycles. The van der Waals surface area contributed by atoms with Crippen molar-refractivity contribution in [3.8, 4) is 5.75 Å². The zero-order valence-corrected chi connectivity index (χ0v) is 40.6. The van der Waals surface area contributed by atoms with Gasteiger partial charge in [0.25, 0.3) is 11.8 Å². The lowest BCUT2D eigenvalue weighted by molar-refractivity contribution is -0.153. The van der Waals surface area contributed by atoms with E-state index in [1.165, 1.54) is 28.0 Å². The molecule has 0 saturated carbocycles. The summed E-state index contributed by atoms with van der Waals surface area (Å²) in [6.45, 7) is -0.716. The molecule has 13 nitrogen and oxygen atoms in total. The quantitative estimate of drug-likeness (QED) is 0.0199. The average Bonchev–Trinajstić information content (AvgIpc) is 3.90. The highest BCUT2D eigenvalue weighted by molar-refractivity contribution is 8.00. The number of carbonyl (C=O) groups is 4. The Morgan fingerprint density at radius 2 is 1.34 bits per heavy atom. The molecule has 16 heteroatoms. The number of methoxy groups -OCH3 is 1. The van der Waals surface area contributed by atoms with Crippen molar-refractivity contribution in [1.82, 2.24) is 15.2 Å². The molecule has 2 aliphatic rings. The molecule has 1 aromatic heterocycles. The molecule has 0 radical (unpaired) electrons. The van der Waals surface area contributed by atoms with Gasteiger partial charge in [0.05, 0.1) is 7.11 Å². The molecule has 2 amide bonds. The normalized spacial score (nSPS) is 15.6. The lowest BCUT2D eigenvalue weighted by atomic mass is 9.77. The topological polar surface area (TPSA) is 158 Å². The maximum Gasteiger partial charge on any atom is 0.355 e. The van der Waals surface area contributed by atoms with Gasteiger partial charge < -0.3 is 29.7 Å². The van der Waals surface area contributed by atoms with Crippen molar-refractivity contribution in [2.24, 2.45) is 5.16 Å². The maximum atomic E-state index is 14.6. The minimum absolute atomic E-state index is 0.0121. The summed E-state index contributed by atoms with van der Waals surface area (Å²) in [4.78, 5) is 67.7. The van der Waals surface area contributed by atoms with Crippen LogP contribution in [0.4, 0.5) is 5.13 Å². The Morgan fingerprint density at radius 1 is 0.789 bits per heavy atom. The number of thioether (sulfide) groups is 1. The molecule has 0 spiro atoms. The third-order valence-electron chi connectivity index (χ3n) is 11.9. The summed E-state index contributed by atoms with van der Waals surface area (Å²) in [7, 11) is 1.56. The van der Waals surface area contributed by atoms with Crippen LogP contribution in [0.15, 0.2) is 198 Å². The van der Waals surface area contributed by atoms with Crippen LogP contribution in [0.3, 0.4) is 0 Å². The Hall–Kier alpha value is -7.72. The number of alkyl halides is 1. The van der Waals surface area contributed by atoms with Crippen LogP contribution in [0.2, 0.25) is 0 Å². The van der Waals surface area contributed by atoms with E-state index in [0.29, 0.717) is 22.2 Å². The molecule has 358 valence electrons. The minimum atomic E-state index is -1.08. The Morgan fingerprint density at radius 3 is 1.87 bits per heavy atom. The summed E-state index contributed by atoms with van der Waals surface area (Å²) in [5.41, 5.74) is 4.42. The van der Waals surface area contributed by atoms with Gasteiger partial charge in [-0.25, -0.2) is 14.6 Å². The van der Waals surface area contributed by atoms with E-state index in [2.05, 4.69) is 15.8 Å². The summed E-state index contributed by atoms with van der Waals surface area (Å²) >= 11 is 8.89. The van der Waals surface area contributed by atoms with Crippen molar-refractivity contribution in [2.45, 2.75) is 29.7 Å². The molecule has 0 bridgehead atoms. The van der Waals surface area contributed by atoms with E-state index < -0.39 is 53.4 Å². The summed E-state index contributed by atoms with van der Waals surface area (Å²) in [6.07, 6.45) is -0.745. The molecule has 9 rings (SSSR count). The summed E-state index contributed by atoms with van der Waals surface area (Å²) in [5.74, 6) is -1.88. The third-order valence-corrected chi connectivity index (χ3v) is 14.3. The number of hydrogen-bond acceptors (Lipinski definition) is 13. The SMILES string of the molecule is COc1ccc(COC(=O)C2=C(CCl)CS[C@H]3C(NC(=O)/C(=N\OCC(=O)OC(c4ccccc4)c4ccccc4)c4csc(NC(c5ccccc5)(c5ccccc5)c5ccccc5)n4)C(=O)N23)cc1. The highest BCUT2D eigenvalue weighted by Crippen LogP contribution is 2.43. The number of benzene rings is 6. The van der Waals surface area contributed by atoms with Crippen molar-refractivity contribution in [3.05, 3.63) is 232 Å². The molecule has 2 N–H and O–H groups in total. The molecule has 1 unspecified atom stereocenters. The van der Waals surface area contributed by atoms with Gasteiger partial charge in [0.15, 0.2) is 16.9 Å². The lowest BCUT2D eigenvalue weighted by Gasteiger charge is -2.49. The first-order valence-corrected chi connectivity index (χ1v) is 25.0. The van der Waals surface area contributed by atoms with Crippen LogP contribution in [0.25, 0.3) is 0 Å². The van der Waals surface area contributed by atoms with E-state index >= 15 is 0 Å². The number of β-lactam (4-membered cyclic amide) rings is 1. The molecular weight excluding hydrogens is 958 g/mol. The van der Waals surface area contributed by atoms with Gasteiger partial charge in [-0.15, -0.1) is 34.7 Å². The number of anilines is 1. The number of esters is 2. The maximum absolute atomic E-state index is 14.6. The molecule has 1 saturated heterocycles. The Kier molecular flexibility index (Phi) is 15.2. The number of thiazole rings is 1. The number of ether oxygens (including phenoxy) is 3. The number of fused-ring (bicyclic) bond motifs is 1. The van der Waals surface area contributed by atoms with Gasteiger partial charge in [0, 0.05) is 17.0 Å². The molecule has 1 fully saturated rings. The second-order valence-electron chi connectivity index (χ2n) is 16.3. The number of hydrogen-bond donors (Lipinski definition) is 2. The predicted molar refractivity (Wildman–Crippen MR) is 274 cm³/mol. The first-order valence-electron chi connectivity index (χ1n) is 22.5. The van der Waals surface area contributed by atoms with Crippen LogP contribution in [-0.2, 0) is 45.6 Å². The molecule has 6 aromatic carbocycles. The molecule has 7 aromatic rings. The highest BCUT2D eigenvalue weighted by atomic mass is 35.5. The number of nitrogens with one attached hydrogen (secondary N) is 2. The minimum Gasteiger partial charge on any atom is -0.497 e. The first kappa shape index (κ1) is 48.3. The number of oxime groups is 1. The van der Waals surface area contributed by atoms with E-state index in [1.54, 1.807) is 36.8 Å². The second kappa shape index (κ2) is 22.4. The standard InChI is InChI=1S/C55H46ClN5O8S2/c1-66-43-29-27-36(28-30-43)32-67-53(65)48-39(31-56)34-70-52-47(51(64)61(48)52)58-50(63)46(60-68-33-45(62)69-49(37-17-7-2-8-18-37)38-19-9-3-10-20-38)44-35-71-54(57-44)59-55(40-21-11-4-12-22-40,41-23-13-5-14-24-41)42-25-15-6-16-26-42/h2-30,35,47,49,52H,31-34H2,1H3,(H,57,59)(H,58,63)/b60-46-/t47?,52-/m0/s1. The summed E-state index contributed by atoms with van der Waals surface area (Å²) in [5, 5.41) is 12.2. The average molecular weight is 1000 g/mol. The van der Waals surface area contributed by atoms with Gasteiger partial charge in [-0.2, -0.15) is 0 Å². The number of halogens is 1. The number of nitrogens with zero attached hydrogens (tertiary/aromatic N) is 3. The monoisotopic (exact) mass is 1000 g/mol. The van der Waals surface area contributed by atoms with Gasteiger partial charge in [-0.3, -0.25) is 14.5 Å². The number of carbonyl (C=O) groups excluding carboxylic acids is 4.